The Morgan fingerprint density at radius 3 is 2.39 bits per heavy atom. The first-order valence-electron chi connectivity index (χ1n) is 8.57. The molecule has 0 bridgehead atoms. The van der Waals surface area contributed by atoms with Crippen LogP contribution in [-0.4, -0.2) is 25.6 Å². The highest BCUT2D eigenvalue weighted by Gasteiger charge is 2.17. The van der Waals surface area contributed by atoms with E-state index in [0.29, 0.717) is 16.8 Å². The van der Waals surface area contributed by atoms with Gasteiger partial charge in [0.2, 0.25) is 0 Å². The van der Waals surface area contributed by atoms with Crippen LogP contribution in [0.15, 0.2) is 66.9 Å². The Bertz CT molecular complexity index is 1100. The predicted octanol–water partition coefficient (Wildman–Crippen LogP) is 4.71. The van der Waals surface area contributed by atoms with E-state index >= 15 is 0 Å². The Morgan fingerprint density at radius 2 is 1.79 bits per heavy atom. The van der Waals surface area contributed by atoms with Crippen molar-refractivity contribution < 1.29 is 13.2 Å². The molecule has 3 rings (SSSR count). The number of anilines is 1. The molecule has 1 aromatic heterocycles. The van der Waals surface area contributed by atoms with Crippen molar-refractivity contribution in [3.63, 3.8) is 0 Å². The van der Waals surface area contributed by atoms with E-state index in [1.54, 1.807) is 37.4 Å². The van der Waals surface area contributed by atoms with Gasteiger partial charge < -0.3 is 5.32 Å². The number of rotatable bonds is 5. The zero-order chi connectivity index (χ0) is 20.3. The van der Waals surface area contributed by atoms with E-state index in [2.05, 4.69) is 32.9 Å². The van der Waals surface area contributed by atoms with Crippen molar-refractivity contribution in [2.45, 2.75) is 12.2 Å². The summed E-state index contributed by atoms with van der Waals surface area (Å²) < 4.78 is 24.4. The highest BCUT2D eigenvalue weighted by Crippen LogP contribution is 2.27. The normalized spacial score (nSPS) is 12.4. The van der Waals surface area contributed by atoms with E-state index in [0.717, 1.165) is 14.8 Å². The third-order valence-corrected chi connectivity index (χ3v) is 6.95. The average molecular weight is 506 g/mol. The number of sulfone groups is 1. The van der Waals surface area contributed by atoms with Gasteiger partial charge in [-0.25, -0.2) is 8.42 Å². The zero-order valence-corrected chi connectivity index (χ0v) is 18.4. The lowest BCUT2D eigenvalue weighted by Crippen LogP contribution is -2.13. The minimum Gasteiger partial charge on any atom is -0.322 e. The molecule has 0 aliphatic heterocycles. The fourth-order valence-corrected chi connectivity index (χ4v) is 3.94. The van der Waals surface area contributed by atoms with E-state index in [1.165, 1.54) is 6.26 Å². The molecule has 5 nitrogen and oxygen atoms in total. The molecule has 0 spiro atoms. The number of aromatic nitrogens is 1. The van der Waals surface area contributed by atoms with E-state index in [1.807, 2.05) is 36.4 Å². The van der Waals surface area contributed by atoms with Crippen LogP contribution in [0, 0.1) is 3.57 Å². The lowest BCUT2D eigenvalue weighted by Gasteiger charge is -2.11. The van der Waals surface area contributed by atoms with E-state index < -0.39 is 15.1 Å². The lowest BCUT2D eigenvalue weighted by atomic mass is 10.1. The van der Waals surface area contributed by atoms with Gasteiger partial charge >= 0.3 is 0 Å². The van der Waals surface area contributed by atoms with E-state index in [-0.39, 0.29) is 5.91 Å². The van der Waals surface area contributed by atoms with Crippen LogP contribution in [0.3, 0.4) is 0 Å². The van der Waals surface area contributed by atoms with Crippen LogP contribution >= 0.6 is 22.6 Å². The van der Waals surface area contributed by atoms with Crippen LogP contribution in [0.5, 0.6) is 0 Å². The van der Waals surface area contributed by atoms with Crippen molar-refractivity contribution in [3.8, 4) is 11.3 Å². The number of carbonyl (C=O) groups excluding carboxylic acids is 1. The molecule has 1 atom stereocenters. The fourth-order valence-electron chi connectivity index (χ4n) is 2.68. The first-order valence-corrected chi connectivity index (χ1v) is 11.6. The number of nitrogens with zero attached hydrogens (tertiary/aromatic N) is 1. The molecule has 0 aliphatic carbocycles. The van der Waals surface area contributed by atoms with E-state index in [4.69, 9.17) is 0 Å². The number of halogens is 1. The van der Waals surface area contributed by atoms with Gasteiger partial charge in [0.15, 0.2) is 9.84 Å². The molecule has 0 fully saturated rings. The number of nitrogens with one attached hydrogen (secondary N) is 1. The molecule has 2 aromatic carbocycles. The Labute approximate surface area is 178 Å². The second-order valence-corrected chi connectivity index (χ2v) is 9.99. The molecule has 1 N–H and O–H groups in total. The van der Waals surface area contributed by atoms with Gasteiger partial charge in [-0.15, -0.1) is 0 Å². The molecule has 1 amide bonds. The van der Waals surface area contributed by atoms with Gasteiger partial charge in [-0.3, -0.25) is 9.78 Å². The van der Waals surface area contributed by atoms with Crippen molar-refractivity contribution in [1.29, 1.82) is 0 Å². The Hall–Kier alpha value is -2.26. The summed E-state index contributed by atoms with van der Waals surface area (Å²) >= 11 is 2.24. The summed E-state index contributed by atoms with van der Waals surface area (Å²) in [5, 5.41) is 2.28. The Morgan fingerprint density at radius 1 is 1.07 bits per heavy atom. The summed E-state index contributed by atoms with van der Waals surface area (Å²) in [6, 6.07) is 18.0. The lowest BCUT2D eigenvalue weighted by molar-refractivity contribution is 0.102. The van der Waals surface area contributed by atoms with Crippen LogP contribution in [0.2, 0.25) is 0 Å². The Kier molecular flexibility index (Phi) is 6.14. The van der Waals surface area contributed by atoms with Crippen molar-refractivity contribution in [2.24, 2.45) is 0 Å². The van der Waals surface area contributed by atoms with Gasteiger partial charge in [0.05, 0.1) is 10.9 Å². The molecule has 0 radical (unpaired) electrons. The molecule has 7 heteroatoms. The smallest absolute Gasteiger partial charge is 0.255 e. The largest absolute Gasteiger partial charge is 0.322 e. The zero-order valence-electron chi connectivity index (χ0n) is 15.4. The molecule has 0 saturated heterocycles. The number of hydrogen-bond acceptors (Lipinski definition) is 4. The Balaban J connectivity index is 1.80. The molecular weight excluding hydrogens is 487 g/mol. The van der Waals surface area contributed by atoms with Gasteiger partial charge in [0, 0.05) is 32.8 Å². The van der Waals surface area contributed by atoms with Crippen LogP contribution in [0.25, 0.3) is 11.3 Å². The minimum absolute atomic E-state index is 0.258. The van der Waals surface area contributed by atoms with Gasteiger partial charge in [-0.2, -0.15) is 0 Å². The van der Waals surface area contributed by atoms with Gasteiger partial charge in [0.1, 0.15) is 0 Å². The second kappa shape index (κ2) is 8.40. The van der Waals surface area contributed by atoms with Crippen LogP contribution < -0.4 is 5.32 Å². The summed E-state index contributed by atoms with van der Waals surface area (Å²) in [6.45, 7) is 1.63. The number of amides is 1. The third kappa shape index (κ3) is 4.77. The summed E-state index contributed by atoms with van der Waals surface area (Å²) in [4.78, 5) is 16.9. The standard InChI is InChI=1S/C21H19IN2O3S/c1-14(28(2,26)27)15-6-8-16(9-7-15)21(25)24-17-10-11-19(22)18(13-17)20-5-3-4-12-23-20/h3-14H,1-2H3,(H,24,25). The van der Waals surface area contributed by atoms with Crippen LogP contribution in [0.1, 0.15) is 28.1 Å². The quantitative estimate of drug-likeness (QED) is 0.509. The molecule has 0 saturated carbocycles. The third-order valence-electron chi connectivity index (χ3n) is 4.45. The number of benzene rings is 2. The molecule has 1 heterocycles. The van der Waals surface area contributed by atoms with Gasteiger partial charge in [-0.05, 0) is 77.5 Å². The summed E-state index contributed by atoms with van der Waals surface area (Å²) in [7, 11) is -3.18. The first-order chi connectivity index (χ1) is 13.3. The predicted molar refractivity (Wildman–Crippen MR) is 120 cm³/mol. The summed E-state index contributed by atoms with van der Waals surface area (Å²) in [5.74, 6) is -0.258. The van der Waals surface area contributed by atoms with Crippen molar-refractivity contribution in [2.75, 3.05) is 11.6 Å². The topological polar surface area (TPSA) is 76.1 Å². The molecular formula is C21H19IN2O3S. The fraction of sp³-hybridized carbons (Fsp3) is 0.143. The molecule has 144 valence electrons. The van der Waals surface area contributed by atoms with Crippen molar-refractivity contribution >= 4 is 44.0 Å². The van der Waals surface area contributed by atoms with Gasteiger partial charge in [-0.1, -0.05) is 18.2 Å². The highest BCUT2D eigenvalue weighted by atomic mass is 127. The summed E-state index contributed by atoms with van der Waals surface area (Å²) in [6.07, 6.45) is 2.93. The molecule has 28 heavy (non-hydrogen) atoms. The maximum Gasteiger partial charge on any atom is 0.255 e. The number of carbonyl (C=O) groups is 1. The first kappa shape index (κ1) is 20.5. The van der Waals surface area contributed by atoms with Crippen LogP contribution in [0.4, 0.5) is 5.69 Å². The van der Waals surface area contributed by atoms with Crippen LogP contribution in [-0.2, 0) is 9.84 Å². The number of hydrogen-bond donors (Lipinski definition) is 1. The molecule has 3 aromatic rings. The summed E-state index contributed by atoms with van der Waals surface area (Å²) in [5.41, 5.74) is 3.56. The highest BCUT2D eigenvalue weighted by molar-refractivity contribution is 14.1. The number of pyridine rings is 1. The maximum atomic E-state index is 12.6. The van der Waals surface area contributed by atoms with Gasteiger partial charge in [0.25, 0.3) is 5.91 Å². The molecule has 0 aliphatic rings. The SMILES string of the molecule is CC(c1ccc(C(=O)Nc2ccc(I)c(-c3ccccn3)c2)cc1)S(C)(=O)=O. The minimum atomic E-state index is -3.18. The monoisotopic (exact) mass is 506 g/mol. The second-order valence-electron chi connectivity index (χ2n) is 6.46. The van der Waals surface area contributed by atoms with E-state index in [9.17, 15) is 13.2 Å². The van der Waals surface area contributed by atoms with Crippen molar-refractivity contribution in [3.05, 3.63) is 81.6 Å². The van der Waals surface area contributed by atoms with Crippen molar-refractivity contribution in [1.82, 2.24) is 4.98 Å². The molecule has 1 unspecified atom stereocenters. The average Bonchev–Trinajstić information content (AvgIpc) is 2.69. The maximum absolute atomic E-state index is 12.6.